The number of amides is 1. The lowest BCUT2D eigenvalue weighted by Crippen LogP contribution is -2.26. The normalized spacial score (nSPS) is 11.8. The second-order valence-corrected chi connectivity index (χ2v) is 6.16. The molecule has 2 aromatic carbocycles. The van der Waals surface area contributed by atoms with Crippen molar-refractivity contribution in [2.75, 3.05) is 7.11 Å². The number of methoxy groups -OCH3 is 1. The average molecular weight is 380 g/mol. The van der Waals surface area contributed by atoms with Gasteiger partial charge in [0, 0.05) is 6.42 Å². The van der Waals surface area contributed by atoms with Crippen molar-refractivity contribution in [3.63, 3.8) is 0 Å². The minimum atomic E-state index is -0.267. The lowest BCUT2D eigenvalue weighted by Gasteiger charge is -2.15. The minimum absolute atomic E-state index is 0.0336. The number of carbonyl (C=O) groups excluding carboxylic acids is 1. The van der Waals surface area contributed by atoms with Crippen LogP contribution in [0.1, 0.15) is 30.5 Å². The zero-order valence-corrected chi connectivity index (χ0v) is 14.7. The molecular formula is C18H19BrFNO2. The smallest absolute Gasteiger partial charge is 0.220 e. The Morgan fingerprint density at radius 1 is 1.26 bits per heavy atom. The molecule has 5 heteroatoms. The van der Waals surface area contributed by atoms with E-state index < -0.39 is 0 Å². The molecule has 0 spiro atoms. The van der Waals surface area contributed by atoms with Gasteiger partial charge in [0.15, 0.2) is 0 Å². The molecule has 0 heterocycles. The first-order valence-corrected chi connectivity index (χ1v) is 8.16. The number of carbonyl (C=O) groups is 1. The fourth-order valence-corrected chi connectivity index (χ4v) is 2.82. The fraction of sp³-hybridized carbons (Fsp3) is 0.278. The highest BCUT2D eigenvalue weighted by molar-refractivity contribution is 9.10. The summed E-state index contributed by atoms with van der Waals surface area (Å²) in [6.45, 7) is 1.93. The highest BCUT2D eigenvalue weighted by atomic mass is 79.9. The van der Waals surface area contributed by atoms with Crippen LogP contribution < -0.4 is 10.1 Å². The molecule has 0 aliphatic heterocycles. The number of aryl methyl sites for hydroxylation is 1. The summed E-state index contributed by atoms with van der Waals surface area (Å²) in [5.41, 5.74) is 1.94. The van der Waals surface area contributed by atoms with Crippen molar-refractivity contribution in [3.05, 3.63) is 63.9 Å². The molecular weight excluding hydrogens is 361 g/mol. The molecule has 122 valence electrons. The van der Waals surface area contributed by atoms with E-state index in [2.05, 4.69) is 21.2 Å². The first-order valence-electron chi connectivity index (χ1n) is 7.37. The summed E-state index contributed by atoms with van der Waals surface area (Å²) < 4.78 is 18.9. The summed E-state index contributed by atoms with van der Waals surface area (Å²) in [5.74, 6) is 0.453. The summed E-state index contributed by atoms with van der Waals surface area (Å²) >= 11 is 3.44. The van der Waals surface area contributed by atoms with E-state index in [4.69, 9.17) is 4.74 Å². The van der Waals surface area contributed by atoms with Gasteiger partial charge in [-0.15, -0.1) is 0 Å². The minimum Gasteiger partial charge on any atom is -0.496 e. The van der Waals surface area contributed by atoms with Crippen LogP contribution in [0.5, 0.6) is 5.75 Å². The lowest BCUT2D eigenvalue weighted by molar-refractivity contribution is -0.121. The van der Waals surface area contributed by atoms with E-state index in [0.29, 0.717) is 12.8 Å². The van der Waals surface area contributed by atoms with E-state index in [1.165, 1.54) is 12.1 Å². The number of benzene rings is 2. The topological polar surface area (TPSA) is 38.3 Å². The third-order valence-corrected chi connectivity index (χ3v) is 4.23. The van der Waals surface area contributed by atoms with Crippen molar-refractivity contribution in [3.8, 4) is 5.75 Å². The van der Waals surface area contributed by atoms with Gasteiger partial charge in [0.05, 0.1) is 17.6 Å². The Morgan fingerprint density at radius 2 is 1.96 bits per heavy atom. The molecule has 0 saturated heterocycles. The standard InChI is InChI=1S/C18H19BrFNO2/c1-12(14-6-9-17(23-2)16(19)11-14)21-18(22)10-5-13-3-7-15(20)8-4-13/h3-4,6-9,11-12H,5,10H2,1-2H3,(H,21,22)/t12-/m1/s1. The highest BCUT2D eigenvalue weighted by Gasteiger charge is 2.11. The number of rotatable bonds is 6. The molecule has 0 bridgehead atoms. The third kappa shape index (κ3) is 5.06. The molecule has 1 amide bonds. The Kier molecular flexibility index (Phi) is 6.16. The monoisotopic (exact) mass is 379 g/mol. The van der Waals surface area contributed by atoms with Crippen LogP contribution in [0.25, 0.3) is 0 Å². The van der Waals surface area contributed by atoms with Crippen molar-refractivity contribution >= 4 is 21.8 Å². The van der Waals surface area contributed by atoms with E-state index in [-0.39, 0.29) is 17.8 Å². The predicted octanol–water partition coefficient (Wildman–Crippen LogP) is 4.41. The van der Waals surface area contributed by atoms with Crippen LogP contribution >= 0.6 is 15.9 Å². The Bertz CT molecular complexity index is 673. The van der Waals surface area contributed by atoms with Crippen molar-refractivity contribution in [1.29, 1.82) is 0 Å². The molecule has 3 nitrogen and oxygen atoms in total. The van der Waals surface area contributed by atoms with E-state index in [9.17, 15) is 9.18 Å². The predicted molar refractivity (Wildman–Crippen MR) is 92.0 cm³/mol. The van der Waals surface area contributed by atoms with Crippen LogP contribution in [0.4, 0.5) is 4.39 Å². The van der Waals surface area contributed by atoms with Gasteiger partial charge in [-0.05, 0) is 64.7 Å². The van der Waals surface area contributed by atoms with E-state index in [0.717, 1.165) is 21.3 Å². The Hall–Kier alpha value is -1.88. The van der Waals surface area contributed by atoms with E-state index >= 15 is 0 Å². The van der Waals surface area contributed by atoms with Crippen molar-refractivity contribution < 1.29 is 13.9 Å². The average Bonchev–Trinajstić information content (AvgIpc) is 2.54. The SMILES string of the molecule is COc1ccc([C@@H](C)NC(=O)CCc2ccc(F)cc2)cc1Br. The van der Waals surface area contributed by atoms with Crippen molar-refractivity contribution in [2.24, 2.45) is 0 Å². The molecule has 1 atom stereocenters. The van der Waals surface area contributed by atoms with Gasteiger partial charge in [0.2, 0.25) is 5.91 Å². The molecule has 0 aliphatic rings. The number of hydrogen-bond acceptors (Lipinski definition) is 2. The maximum absolute atomic E-state index is 12.8. The molecule has 1 N–H and O–H groups in total. The van der Waals surface area contributed by atoms with Crippen LogP contribution in [-0.4, -0.2) is 13.0 Å². The Labute approximate surface area is 144 Å². The molecule has 2 rings (SSSR count). The quantitative estimate of drug-likeness (QED) is 0.807. The molecule has 0 saturated carbocycles. The van der Waals surface area contributed by atoms with Crippen LogP contribution in [0.2, 0.25) is 0 Å². The molecule has 23 heavy (non-hydrogen) atoms. The maximum Gasteiger partial charge on any atom is 0.220 e. The van der Waals surface area contributed by atoms with Crippen LogP contribution in [0, 0.1) is 5.82 Å². The Morgan fingerprint density at radius 3 is 2.57 bits per heavy atom. The Balaban J connectivity index is 1.89. The van der Waals surface area contributed by atoms with E-state index in [1.807, 2.05) is 25.1 Å². The molecule has 0 fully saturated rings. The summed E-state index contributed by atoms with van der Waals surface area (Å²) in [5, 5.41) is 2.97. The van der Waals surface area contributed by atoms with Gasteiger partial charge in [-0.3, -0.25) is 4.79 Å². The molecule has 0 aliphatic carbocycles. The lowest BCUT2D eigenvalue weighted by atomic mass is 10.1. The van der Waals surface area contributed by atoms with Gasteiger partial charge < -0.3 is 10.1 Å². The zero-order valence-electron chi connectivity index (χ0n) is 13.1. The summed E-state index contributed by atoms with van der Waals surface area (Å²) in [4.78, 5) is 12.1. The van der Waals surface area contributed by atoms with Gasteiger partial charge in [-0.2, -0.15) is 0 Å². The zero-order chi connectivity index (χ0) is 16.8. The van der Waals surface area contributed by atoms with Crippen LogP contribution in [0.15, 0.2) is 46.9 Å². The van der Waals surface area contributed by atoms with Gasteiger partial charge >= 0.3 is 0 Å². The number of hydrogen-bond donors (Lipinski definition) is 1. The first-order chi connectivity index (χ1) is 11.0. The number of nitrogens with one attached hydrogen (secondary N) is 1. The van der Waals surface area contributed by atoms with E-state index in [1.54, 1.807) is 19.2 Å². The molecule has 0 radical (unpaired) electrons. The largest absolute Gasteiger partial charge is 0.496 e. The molecule has 0 aromatic heterocycles. The number of ether oxygens (including phenoxy) is 1. The molecule has 0 unspecified atom stereocenters. The fourth-order valence-electron chi connectivity index (χ4n) is 2.26. The van der Waals surface area contributed by atoms with Gasteiger partial charge in [-0.25, -0.2) is 4.39 Å². The summed E-state index contributed by atoms with van der Waals surface area (Å²) in [6.07, 6.45) is 0.957. The first kappa shape index (κ1) is 17.5. The summed E-state index contributed by atoms with van der Waals surface area (Å²) in [6, 6.07) is 11.8. The van der Waals surface area contributed by atoms with Gasteiger partial charge in [0.25, 0.3) is 0 Å². The van der Waals surface area contributed by atoms with Crippen molar-refractivity contribution in [2.45, 2.75) is 25.8 Å². The van der Waals surface area contributed by atoms with Gasteiger partial charge in [0.1, 0.15) is 11.6 Å². The van der Waals surface area contributed by atoms with Crippen LogP contribution in [0.3, 0.4) is 0 Å². The maximum atomic E-state index is 12.8. The summed E-state index contributed by atoms with van der Waals surface area (Å²) in [7, 11) is 1.61. The third-order valence-electron chi connectivity index (χ3n) is 3.61. The number of halogens is 2. The second-order valence-electron chi connectivity index (χ2n) is 5.31. The second kappa shape index (κ2) is 8.11. The van der Waals surface area contributed by atoms with Crippen molar-refractivity contribution in [1.82, 2.24) is 5.32 Å². The van der Waals surface area contributed by atoms with Crippen LogP contribution in [-0.2, 0) is 11.2 Å². The highest BCUT2D eigenvalue weighted by Crippen LogP contribution is 2.28. The van der Waals surface area contributed by atoms with Gasteiger partial charge in [-0.1, -0.05) is 18.2 Å². The molecule has 2 aromatic rings.